The number of benzene rings is 1. The number of piperidine rings is 1. The van der Waals surface area contributed by atoms with Crippen molar-refractivity contribution in [2.24, 2.45) is 5.41 Å². The number of carbonyl (C=O) groups excluding carboxylic acids is 1. The molecule has 0 aromatic heterocycles. The predicted octanol–water partition coefficient (Wildman–Crippen LogP) is 2.81. The molecule has 1 fully saturated rings. The minimum atomic E-state index is -0.217. The van der Waals surface area contributed by atoms with Gasteiger partial charge in [0.05, 0.1) is 0 Å². The molecule has 0 aliphatic carbocycles. The van der Waals surface area contributed by atoms with Gasteiger partial charge in [0, 0.05) is 23.6 Å². The van der Waals surface area contributed by atoms with Crippen molar-refractivity contribution in [3.63, 3.8) is 0 Å². The Bertz CT molecular complexity index is 475. The number of rotatable bonds is 6. The van der Waals surface area contributed by atoms with E-state index < -0.39 is 0 Å². The van der Waals surface area contributed by atoms with Gasteiger partial charge in [-0.3, -0.25) is 4.79 Å². The molecular weight excluding hydrogens is 287 g/mol. The maximum Gasteiger partial charge on any atom is 0.220 e. The van der Waals surface area contributed by atoms with Crippen molar-refractivity contribution in [1.82, 2.24) is 10.6 Å². The lowest BCUT2D eigenvalue weighted by atomic mass is 9.81. The molecule has 1 aliphatic rings. The van der Waals surface area contributed by atoms with Crippen LogP contribution >= 0.6 is 11.8 Å². The number of hydrogen-bond acceptors (Lipinski definition) is 3. The van der Waals surface area contributed by atoms with Crippen LogP contribution in [-0.4, -0.2) is 31.3 Å². The van der Waals surface area contributed by atoms with Gasteiger partial charge in [-0.05, 0) is 43.5 Å². The molecule has 3 nitrogen and oxygen atoms in total. The Kier molecular flexibility index (Phi) is 6.06. The van der Waals surface area contributed by atoms with Gasteiger partial charge >= 0.3 is 0 Å². The van der Waals surface area contributed by atoms with Crippen LogP contribution in [0.3, 0.4) is 0 Å². The summed E-state index contributed by atoms with van der Waals surface area (Å²) in [6, 6.07) is 6.67. The molecule has 1 aliphatic heterocycles. The molecule has 0 unspecified atom stereocenters. The summed E-state index contributed by atoms with van der Waals surface area (Å²) < 4.78 is 13.4. The third-order valence-electron chi connectivity index (χ3n) is 3.95. The molecule has 5 heteroatoms. The van der Waals surface area contributed by atoms with Crippen LogP contribution in [0.4, 0.5) is 4.39 Å². The van der Waals surface area contributed by atoms with Crippen molar-refractivity contribution in [3.8, 4) is 0 Å². The van der Waals surface area contributed by atoms with Crippen molar-refractivity contribution in [2.75, 3.05) is 25.4 Å². The summed E-state index contributed by atoms with van der Waals surface area (Å²) in [5.41, 5.74) is 0.208. The summed E-state index contributed by atoms with van der Waals surface area (Å²) in [6.07, 6.45) is 2.61. The summed E-state index contributed by atoms with van der Waals surface area (Å²) in [4.78, 5) is 12.5. The zero-order chi connectivity index (χ0) is 15.1. The molecule has 2 N–H and O–H groups in total. The highest BCUT2D eigenvalue weighted by molar-refractivity contribution is 7.99. The average molecular weight is 310 g/mol. The zero-order valence-corrected chi connectivity index (χ0v) is 13.3. The second-order valence-corrected chi connectivity index (χ2v) is 7.00. The first-order valence-electron chi connectivity index (χ1n) is 7.44. The number of halogens is 1. The second-order valence-electron chi connectivity index (χ2n) is 5.87. The van der Waals surface area contributed by atoms with Gasteiger partial charge < -0.3 is 10.6 Å². The maximum atomic E-state index is 13.4. The first kappa shape index (κ1) is 16.3. The second kappa shape index (κ2) is 7.80. The van der Waals surface area contributed by atoms with Crippen LogP contribution in [-0.2, 0) is 4.79 Å². The number of hydrogen-bond donors (Lipinski definition) is 2. The highest BCUT2D eigenvalue weighted by atomic mass is 32.2. The molecule has 0 saturated carbocycles. The Morgan fingerprint density at radius 2 is 2.10 bits per heavy atom. The normalized spacial score (nSPS) is 17.4. The predicted molar refractivity (Wildman–Crippen MR) is 85.0 cm³/mol. The molecule has 1 aromatic carbocycles. The van der Waals surface area contributed by atoms with Crippen molar-refractivity contribution in [1.29, 1.82) is 0 Å². The molecular formula is C16H23FN2OS. The Labute approximate surface area is 130 Å². The van der Waals surface area contributed by atoms with Crippen LogP contribution in [0, 0.1) is 11.2 Å². The van der Waals surface area contributed by atoms with Crippen LogP contribution in [0.5, 0.6) is 0 Å². The fraction of sp³-hybridized carbons (Fsp3) is 0.562. The third kappa shape index (κ3) is 5.32. The van der Waals surface area contributed by atoms with Gasteiger partial charge in [-0.1, -0.05) is 19.1 Å². The monoisotopic (exact) mass is 310 g/mol. The maximum absolute atomic E-state index is 13.4. The van der Waals surface area contributed by atoms with E-state index in [0.717, 1.165) is 32.5 Å². The SMILES string of the molecule is CC1(CNC(=O)CCSc2ccccc2F)CCNCC1. The van der Waals surface area contributed by atoms with Gasteiger partial charge in [-0.2, -0.15) is 0 Å². The van der Waals surface area contributed by atoms with Crippen LogP contribution in [0.15, 0.2) is 29.2 Å². The minimum Gasteiger partial charge on any atom is -0.356 e. The van der Waals surface area contributed by atoms with E-state index in [0.29, 0.717) is 17.1 Å². The van der Waals surface area contributed by atoms with E-state index >= 15 is 0 Å². The third-order valence-corrected chi connectivity index (χ3v) is 5.00. The van der Waals surface area contributed by atoms with Crippen molar-refractivity contribution in [2.45, 2.75) is 31.1 Å². The zero-order valence-electron chi connectivity index (χ0n) is 12.5. The van der Waals surface area contributed by atoms with E-state index in [9.17, 15) is 9.18 Å². The van der Waals surface area contributed by atoms with Gasteiger partial charge in [-0.15, -0.1) is 11.8 Å². The summed E-state index contributed by atoms with van der Waals surface area (Å²) in [5, 5.41) is 6.35. The highest BCUT2D eigenvalue weighted by Crippen LogP contribution is 2.26. The highest BCUT2D eigenvalue weighted by Gasteiger charge is 2.26. The Hall–Kier alpha value is -1.07. The van der Waals surface area contributed by atoms with Crippen LogP contribution in [0.1, 0.15) is 26.2 Å². The Balaban J connectivity index is 1.67. The summed E-state index contributed by atoms with van der Waals surface area (Å²) in [6.45, 7) is 5.01. The van der Waals surface area contributed by atoms with E-state index in [2.05, 4.69) is 17.6 Å². The molecule has 0 spiro atoms. The van der Waals surface area contributed by atoms with E-state index in [1.165, 1.54) is 17.8 Å². The smallest absolute Gasteiger partial charge is 0.220 e. The lowest BCUT2D eigenvalue weighted by molar-refractivity contribution is -0.121. The largest absolute Gasteiger partial charge is 0.356 e. The number of amides is 1. The molecule has 1 heterocycles. The molecule has 116 valence electrons. The van der Waals surface area contributed by atoms with Crippen LogP contribution in [0.25, 0.3) is 0 Å². The van der Waals surface area contributed by atoms with Crippen LogP contribution in [0.2, 0.25) is 0 Å². The average Bonchev–Trinajstić information content (AvgIpc) is 2.48. The van der Waals surface area contributed by atoms with Crippen molar-refractivity contribution in [3.05, 3.63) is 30.1 Å². The molecule has 0 radical (unpaired) electrons. The molecule has 1 aromatic rings. The topological polar surface area (TPSA) is 41.1 Å². The summed E-state index contributed by atoms with van der Waals surface area (Å²) in [5.74, 6) is 0.439. The van der Waals surface area contributed by atoms with Gasteiger partial charge in [0.25, 0.3) is 0 Å². The molecule has 1 amide bonds. The van der Waals surface area contributed by atoms with Crippen molar-refractivity contribution < 1.29 is 9.18 Å². The lowest BCUT2D eigenvalue weighted by Crippen LogP contribution is -2.42. The fourth-order valence-corrected chi connectivity index (χ4v) is 3.31. The standard InChI is InChI=1S/C16H23FN2OS/c1-16(7-9-18-10-8-16)12-19-15(20)6-11-21-14-5-3-2-4-13(14)17/h2-5,18H,6-12H2,1H3,(H,19,20). The van der Waals surface area contributed by atoms with Gasteiger partial charge in [0.1, 0.15) is 5.82 Å². The Morgan fingerprint density at radius 3 is 2.81 bits per heavy atom. The van der Waals surface area contributed by atoms with E-state index in [4.69, 9.17) is 0 Å². The van der Waals surface area contributed by atoms with E-state index in [-0.39, 0.29) is 17.1 Å². The van der Waals surface area contributed by atoms with Gasteiger partial charge in [0.15, 0.2) is 0 Å². The first-order chi connectivity index (χ1) is 10.1. The molecule has 0 atom stereocenters. The number of thioether (sulfide) groups is 1. The van der Waals surface area contributed by atoms with E-state index in [1.54, 1.807) is 12.1 Å². The molecule has 2 rings (SSSR count). The first-order valence-corrected chi connectivity index (χ1v) is 8.42. The van der Waals surface area contributed by atoms with Crippen LogP contribution < -0.4 is 10.6 Å². The molecule has 1 saturated heterocycles. The Morgan fingerprint density at radius 1 is 1.38 bits per heavy atom. The molecule has 0 bridgehead atoms. The summed E-state index contributed by atoms with van der Waals surface area (Å²) >= 11 is 1.39. The minimum absolute atomic E-state index is 0.0543. The van der Waals surface area contributed by atoms with Gasteiger partial charge in [-0.25, -0.2) is 4.39 Å². The van der Waals surface area contributed by atoms with Crippen molar-refractivity contribution >= 4 is 17.7 Å². The number of nitrogens with one attached hydrogen (secondary N) is 2. The number of carbonyl (C=O) groups is 1. The molecule has 21 heavy (non-hydrogen) atoms. The fourth-order valence-electron chi connectivity index (χ4n) is 2.42. The van der Waals surface area contributed by atoms with Gasteiger partial charge in [0.2, 0.25) is 5.91 Å². The quantitative estimate of drug-likeness (QED) is 0.794. The lowest BCUT2D eigenvalue weighted by Gasteiger charge is -2.34. The van der Waals surface area contributed by atoms with E-state index in [1.807, 2.05) is 6.07 Å². The summed E-state index contributed by atoms with van der Waals surface area (Å²) in [7, 11) is 0.